The van der Waals surface area contributed by atoms with E-state index in [-0.39, 0.29) is 11.4 Å². The van der Waals surface area contributed by atoms with Gasteiger partial charge in [0.2, 0.25) is 0 Å². The van der Waals surface area contributed by atoms with E-state index in [9.17, 15) is 14.7 Å². The topological polar surface area (TPSA) is 60.9 Å². The van der Waals surface area contributed by atoms with Crippen LogP contribution in [0.3, 0.4) is 0 Å². The molecular formula is C23H34N2O3. The van der Waals surface area contributed by atoms with Gasteiger partial charge in [0.1, 0.15) is 0 Å². The van der Waals surface area contributed by atoms with E-state index in [1.54, 1.807) is 4.90 Å². The molecule has 1 N–H and O–H groups in total. The van der Waals surface area contributed by atoms with Crippen molar-refractivity contribution in [3.63, 3.8) is 0 Å². The molecule has 5 nitrogen and oxygen atoms in total. The van der Waals surface area contributed by atoms with Gasteiger partial charge in [0.05, 0.1) is 11.6 Å². The first-order valence-corrected chi connectivity index (χ1v) is 10.5. The zero-order valence-electron chi connectivity index (χ0n) is 17.5. The highest BCUT2D eigenvalue weighted by Gasteiger charge is 2.41. The van der Waals surface area contributed by atoms with Gasteiger partial charge in [0.15, 0.2) is 11.5 Å². The van der Waals surface area contributed by atoms with Gasteiger partial charge in [-0.15, -0.1) is 0 Å². The molecule has 1 aliphatic heterocycles. The molecule has 154 valence electrons. The quantitative estimate of drug-likeness (QED) is 0.583. The van der Waals surface area contributed by atoms with Crippen molar-refractivity contribution in [2.75, 3.05) is 26.2 Å². The number of carbonyl (C=O) groups excluding carboxylic acids is 2. The molecule has 0 unspecified atom stereocenters. The molecule has 1 aromatic carbocycles. The molecule has 1 aromatic rings. The van der Waals surface area contributed by atoms with Crippen LogP contribution in [0.25, 0.3) is 0 Å². The number of benzene rings is 1. The number of ketones is 1. The maximum absolute atomic E-state index is 12.7. The lowest BCUT2D eigenvalue weighted by atomic mass is 9.97. The Morgan fingerprint density at radius 3 is 2.14 bits per heavy atom. The summed E-state index contributed by atoms with van der Waals surface area (Å²) in [6.45, 7) is 9.40. The van der Waals surface area contributed by atoms with Gasteiger partial charge in [-0.2, -0.15) is 0 Å². The number of hydrogen-bond acceptors (Lipinski definition) is 4. The smallest absolute Gasteiger partial charge is 0.290 e. The molecule has 0 fully saturated rings. The number of nitrogens with zero attached hydrogens (tertiary/aromatic N) is 2. The van der Waals surface area contributed by atoms with E-state index in [1.165, 1.54) is 32.6 Å². The van der Waals surface area contributed by atoms with E-state index in [1.807, 2.05) is 30.3 Å². The molecule has 0 aliphatic carbocycles. The highest BCUT2D eigenvalue weighted by atomic mass is 16.3. The molecule has 0 spiro atoms. The Balaban J connectivity index is 2.10. The highest BCUT2D eigenvalue weighted by molar-refractivity contribution is 6.08. The van der Waals surface area contributed by atoms with Gasteiger partial charge in [0, 0.05) is 6.54 Å². The van der Waals surface area contributed by atoms with Crippen LogP contribution in [0.15, 0.2) is 41.7 Å². The van der Waals surface area contributed by atoms with Crippen molar-refractivity contribution in [3.05, 3.63) is 47.2 Å². The minimum atomic E-state index is -0.495. The SMILES string of the molecule is CCCCN(CCCC)CCCN1C(=O)C(O)=C(C(C)=O)[C@H]1c1ccccc1. The van der Waals surface area contributed by atoms with Crippen molar-refractivity contribution in [3.8, 4) is 0 Å². The fourth-order valence-electron chi connectivity index (χ4n) is 3.79. The average molecular weight is 387 g/mol. The summed E-state index contributed by atoms with van der Waals surface area (Å²) >= 11 is 0. The van der Waals surface area contributed by atoms with E-state index in [0.717, 1.165) is 31.6 Å². The molecule has 1 heterocycles. The van der Waals surface area contributed by atoms with Crippen LogP contribution in [0.1, 0.15) is 64.5 Å². The number of rotatable bonds is 12. The first kappa shape index (κ1) is 22.2. The molecule has 0 bridgehead atoms. The third kappa shape index (κ3) is 5.44. The zero-order valence-corrected chi connectivity index (χ0v) is 17.5. The maximum Gasteiger partial charge on any atom is 0.290 e. The Kier molecular flexibility index (Phi) is 8.71. The van der Waals surface area contributed by atoms with Crippen molar-refractivity contribution in [1.29, 1.82) is 0 Å². The number of carbonyl (C=O) groups is 2. The van der Waals surface area contributed by atoms with Crippen molar-refractivity contribution >= 4 is 11.7 Å². The summed E-state index contributed by atoms with van der Waals surface area (Å²) in [5, 5.41) is 10.3. The largest absolute Gasteiger partial charge is 0.503 e. The monoisotopic (exact) mass is 386 g/mol. The van der Waals surface area contributed by atoms with E-state index in [0.29, 0.717) is 6.54 Å². The standard InChI is InChI=1S/C23H34N2O3/c1-4-6-14-24(15-7-5-2)16-11-17-25-21(19-12-9-8-10-13-19)20(18(3)26)22(27)23(25)28/h8-10,12-13,21,27H,4-7,11,14-17H2,1-3H3/t21-/m1/s1. The lowest BCUT2D eigenvalue weighted by molar-refractivity contribution is -0.129. The van der Waals surface area contributed by atoms with Crippen molar-refractivity contribution in [2.45, 2.75) is 58.9 Å². The molecule has 1 aliphatic rings. The highest BCUT2D eigenvalue weighted by Crippen LogP contribution is 2.37. The van der Waals surface area contributed by atoms with Crippen LogP contribution in [0.4, 0.5) is 0 Å². The number of unbranched alkanes of at least 4 members (excludes halogenated alkanes) is 2. The minimum absolute atomic E-state index is 0.213. The van der Waals surface area contributed by atoms with Gasteiger partial charge >= 0.3 is 0 Å². The number of hydrogen-bond donors (Lipinski definition) is 1. The number of aliphatic hydroxyl groups excluding tert-OH is 1. The fourth-order valence-corrected chi connectivity index (χ4v) is 3.79. The van der Waals surface area contributed by atoms with Gasteiger partial charge < -0.3 is 14.9 Å². The first-order valence-electron chi connectivity index (χ1n) is 10.5. The molecule has 1 amide bonds. The maximum atomic E-state index is 12.7. The van der Waals surface area contributed by atoms with Gasteiger partial charge in [-0.1, -0.05) is 57.0 Å². The Hall–Kier alpha value is -2.14. The molecular weight excluding hydrogens is 352 g/mol. The lowest BCUT2D eigenvalue weighted by Crippen LogP contribution is -2.35. The molecule has 0 saturated heterocycles. The van der Waals surface area contributed by atoms with Crippen LogP contribution in [-0.4, -0.2) is 52.8 Å². The Morgan fingerprint density at radius 2 is 1.61 bits per heavy atom. The molecule has 0 saturated carbocycles. The fraction of sp³-hybridized carbons (Fsp3) is 0.565. The number of aliphatic hydroxyl groups is 1. The molecule has 2 rings (SSSR count). The Labute approximate surface area is 169 Å². The van der Waals surface area contributed by atoms with Gasteiger partial charge in [-0.3, -0.25) is 9.59 Å². The van der Waals surface area contributed by atoms with Crippen molar-refractivity contribution in [2.24, 2.45) is 0 Å². The Bertz CT molecular complexity index is 676. The van der Waals surface area contributed by atoms with Crippen molar-refractivity contribution < 1.29 is 14.7 Å². The third-order valence-electron chi connectivity index (χ3n) is 5.33. The summed E-state index contributed by atoms with van der Waals surface area (Å²) in [5.41, 5.74) is 1.07. The normalized spacial score (nSPS) is 17.1. The summed E-state index contributed by atoms with van der Waals surface area (Å²) in [5.74, 6) is -1.09. The number of amides is 1. The number of Topliss-reactive ketones (excluding diaryl/α,β-unsaturated/α-hetero) is 1. The van der Waals surface area contributed by atoms with Crippen LogP contribution in [-0.2, 0) is 9.59 Å². The van der Waals surface area contributed by atoms with E-state index < -0.39 is 17.7 Å². The zero-order chi connectivity index (χ0) is 20.5. The molecule has 28 heavy (non-hydrogen) atoms. The lowest BCUT2D eigenvalue weighted by Gasteiger charge is -2.28. The van der Waals surface area contributed by atoms with E-state index in [2.05, 4.69) is 18.7 Å². The second kappa shape index (κ2) is 11.0. The van der Waals surface area contributed by atoms with Crippen LogP contribution in [0.5, 0.6) is 0 Å². The van der Waals surface area contributed by atoms with Gasteiger partial charge in [-0.05, 0) is 51.4 Å². The summed E-state index contributed by atoms with van der Waals surface area (Å²) in [6, 6.07) is 9.00. The van der Waals surface area contributed by atoms with Gasteiger partial charge in [0.25, 0.3) is 5.91 Å². The summed E-state index contributed by atoms with van der Waals surface area (Å²) in [4.78, 5) is 28.9. The summed E-state index contributed by atoms with van der Waals surface area (Å²) < 4.78 is 0. The third-order valence-corrected chi connectivity index (χ3v) is 5.33. The average Bonchev–Trinajstić information content (AvgIpc) is 2.95. The van der Waals surface area contributed by atoms with Crippen LogP contribution in [0.2, 0.25) is 0 Å². The predicted octanol–water partition coefficient (Wildman–Crippen LogP) is 4.26. The van der Waals surface area contributed by atoms with E-state index in [4.69, 9.17) is 0 Å². The second-order valence-corrected chi connectivity index (χ2v) is 7.53. The Morgan fingerprint density at radius 1 is 1.04 bits per heavy atom. The van der Waals surface area contributed by atoms with E-state index >= 15 is 0 Å². The second-order valence-electron chi connectivity index (χ2n) is 7.53. The summed E-state index contributed by atoms with van der Waals surface area (Å²) in [6.07, 6.45) is 5.51. The molecule has 0 aromatic heterocycles. The van der Waals surface area contributed by atoms with Crippen LogP contribution in [0, 0.1) is 0 Å². The van der Waals surface area contributed by atoms with Crippen molar-refractivity contribution in [1.82, 2.24) is 9.80 Å². The van der Waals surface area contributed by atoms with Gasteiger partial charge in [-0.25, -0.2) is 0 Å². The first-order chi connectivity index (χ1) is 13.5. The minimum Gasteiger partial charge on any atom is -0.503 e. The summed E-state index contributed by atoms with van der Waals surface area (Å²) in [7, 11) is 0. The van der Waals surface area contributed by atoms with Crippen LogP contribution >= 0.6 is 0 Å². The molecule has 1 atom stereocenters. The van der Waals surface area contributed by atoms with Crippen LogP contribution < -0.4 is 0 Å². The molecule has 0 radical (unpaired) electrons. The predicted molar refractivity (Wildman–Crippen MR) is 112 cm³/mol. The molecule has 5 heteroatoms.